The van der Waals surface area contributed by atoms with Gasteiger partial charge in [0, 0.05) is 47.1 Å². The van der Waals surface area contributed by atoms with Crippen LogP contribution in [0.1, 0.15) is 109 Å². The van der Waals surface area contributed by atoms with E-state index in [1.54, 1.807) is 72.8 Å². The fourth-order valence-corrected chi connectivity index (χ4v) is 12.3. The van der Waals surface area contributed by atoms with Crippen molar-refractivity contribution >= 4 is 83.4 Å². The molecular formula is C59H70BN6O15S2+. The van der Waals surface area contributed by atoms with Crippen LogP contribution in [-0.4, -0.2) is 155 Å². The number of esters is 1. The maximum absolute atomic E-state index is 14.5. The van der Waals surface area contributed by atoms with E-state index in [1.807, 2.05) is 55.5 Å². The fraction of sp³-hybridized carbons (Fsp3) is 0.475. The molecule has 2 radical (unpaired) electrons. The van der Waals surface area contributed by atoms with Crippen molar-refractivity contribution in [3.05, 3.63) is 106 Å². The van der Waals surface area contributed by atoms with Crippen LogP contribution in [0.15, 0.2) is 88.5 Å². The molecule has 440 valence electrons. The summed E-state index contributed by atoms with van der Waals surface area (Å²) in [5.41, 5.74) is -1.20. The summed E-state index contributed by atoms with van der Waals surface area (Å²) in [6.07, 6.45) is -0.0214. The first-order chi connectivity index (χ1) is 39.2. The van der Waals surface area contributed by atoms with Gasteiger partial charge in [0.1, 0.15) is 53.9 Å². The molecular weight excluding hydrogens is 1110 g/mol. The summed E-state index contributed by atoms with van der Waals surface area (Å²) in [4.78, 5) is 110. The molecule has 3 aromatic carbocycles. The third-order valence-electron chi connectivity index (χ3n) is 14.5. The Bertz CT molecular complexity index is 3180. The average Bonchev–Trinajstić information content (AvgIpc) is 1.29. The Kier molecular flexibility index (Phi) is 18.7. The average molecular weight is 1180 g/mol. The van der Waals surface area contributed by atoms with Crippen molar-refractivity contribution in [1.29, 1.82) is 0 Å². The van der Waals surface area contributed by atoms with Gasteiger partial charge in [0.2, 0.25) is 11.5 Å². The van der Waals surface area contributed by atoms with Gasteiger partial charge in [-0.3, -0.25) is 29.4 Å². The number of oxime groups is 1. The number of fused-ring (bicyclic) bond motifs is 5. The van der Waals surface area contributed by atoms with Crippen LogP contribution in [0, 0.1) is 5.92 Å². The number of quaternary nitrogens is 1. The van der Waals surface area contributed by atoms with Crippen molar-refractivity contribution in [3.63, 3.8) is 0 Å². The zero-order valence-corrected chi connectivity index (χ0v) is 50.2. The van der Waals surface area contributed by atoms with Gasteiger partial charge in [0.25, 0.3) is 11.7 Å². The number of thioether (sulfide) groups is 1. The van der Waals surface area contributed by atoms with Crippen molar-refractivity contribution < 1.29 is 76.0 Å². The number of Topliss-reactive ketones (excluding diaryl/α,β-unsaturated/α-hetero) is 2. The second-order valence-electron chi connectivity index (χ2n) is 23.3. The molecule has 0 aliphatic carbocycles. The topological polar surface area (TPSA) is 237 Å². The third-order valence-corrected chi connectivity index (χ3v) is 16.8. The predicted octanol–water partition coefficient (Wildman–Crippen LogP) is 7.97. The van der Waals surface area contributed by atoms with E-state index in [1.165, 1.54) is 42.0 Å². The molecule has 24 heteroatoms. The molecule has 4 aromatic rings. The molecule has 5 aliphatic rings. The van der Waals surface area contributed by atoms with Crippen molar-refractivity contribution in [2.75, 3.05) is 52.3 Å². The molecule has 1 N–H and O–H groups in total. The number of amides is 3. The molecule has 0 spiro atoms. The number of carbonyl (C=O) groups excluding carboxylic acids is 7. The molecule has 9 rings (SSSR count). The molecule has 83 heavy (non-hydrogen) atoms. The number of aromatic nitrogens is 1. The Labute approximate surface area is 492 Å². The number of nitrogens with zero attached hydrogens (tertiary/aromatic N) is 5. The highest BCUT2D eigenvalue weighted by atomic mass is 32.2. The predicted molar refractivity (Wildman–Crippen MR) is 309 cm³/mol. The van der Waals surface area contributed by atoms with Crippen LogP contribution < -0.4 is 24.3 Å². The van der Waals surface area contributed by atoms with Gasteiger partial charge < -0.3 is 47.3 Å². The number of methoxy groups -OCH3 is 2. The standard InChI is InChI=1S/C59H69BN6O15S2/c1-34-42(48(53(71)80-60)65-50(69)41(52(65)83-34)29-44(67)47(63-81-59(8,9)54(72)78-57(2,3)4)43-33-82-55(61-43)62-56(73)79-58(5,6)7)30-66-25-22-38(23-26-66)64(24-27-66)51(70)49(68)37-16-21-45(76-31-35-12-17-39(74-10)18-13-35)46(28-37)77-32-36-14-19-40(75-11)20-15-36/h12-21,28,33-34,38,41,52H,22-27,29-32H2,1-11H3/p+1/b63-47-/t34-,38?,41+,52+,66?/m0/s1. The van der Waals surface area contributed by atoms with E-state index in [0.29, 0.717) is 66.3 Å². The minimum atomic E-state index is -1.67. The number of ketones is 2. The van der Waals surface area contributed by atoms with Gasteiger partial charge in [-0.1, -0.05) is 29.4 Å². The summed E-state index contributed by atoms with van der Waals surface area (Å²) >= 11 is 2.39. The second kappa shape index (κ2) is 25.2. The Hall–Kier alpha value is -7.44. The van der Waals surface area contributed by atoms with Gasteiger partial charge in [-0.25, -0.2) is 19.4 Å². The largest absolute Gasteiger partial charge is 0.539 e. The molecule has 1 aromatic heterocycles. The van der Waals surface area contributed by atoms with Crippen molar-refractivity contribution in [1.82, 2.24) is 14.8 Å². The number of piperidine rings is 1. The van der Waals surface area contributed by atoms with E-state index in [2.05, 4.69) is 15.5 Å². The molecule has 21 nitrogen and oxygen atoms in total. The molecule has 2 bridgehead atoms. The Morgan fingerprint density at radius 1 is 0.807 bits per heavy atom. The molecule has 0 saturated carbocycles. The smallest absolute Gasteiger partial charge is 0.413 e. The minimum Gasteiger partial charge on any atom is -0.539 e. The molecule has 6 heterocycles. The van der Waals surface area contributed by atoms with Crippen LogP contribution in [0.4, 0.5) is 9.93 Å². The van der Waals surface area contributed by atoms with Crippen molar-refractivity contribution in [3.8, 4) is 23.0 Å². The number of carbonyl (C=O) groups is 7. The Balaban J connectivity index is 0.978. The zero-order chi connectivity index (χ0) is 60.2. The van der Waals surface area contributed by atoms with Gasteiger partial charge in [0.15, 0.2) is 28.1 Å². The lowest BCUT2D eigenvalue weighted by atomic mass is 9.88. The minimum absolute atomic E-state index is 0.00427. The highest BCUT2D eigenvalue weighted by molar-refractivity contribution is 8.00. The molecule has 5 aliphatic heterocycles. The summed E-state index contributed by atoms with van der Waals surface area (Å²) in [5, 5.41) is 7.16. The maximum Gasteiger partial charge on any atom is 0.413 e. The number of rotatable bonds is 21. The molecule has 0 unspecified atom stereocenters. The van der Waals surface area contributed by atoms with Gasteiger partial charge in [-0.05, 0) is 116 Å². The first-order valence-corrected chi connectivity index (χ1v) is 29.0. The lowest BCUT2D eigenvalue weighted by Gasteiger charge is -2.52. The van der Waals surface area contributed by atoms with E-state index < -0.39 is 75.9 Å². The number of ether oxygens (including phenoxy) is 6. The summed E-state index contributed by atoms with van der Waals surface area (Å²) in [5.74, 6) is -3.10. The molecule has 3 atom stereocenters. The van der Waals surface area contributed by atoms with Crippen LogP contribution in [0.25, 0.3) is 0 Å². The number of β-lactam (4-membered cyclic amide) rings is 1. The second-order valence-corrected chi connectivity index (χ2v) is 25.6. The molecule has 4 fully saturated rings. The number of nitrogens with one attached hydrogen (secondary N) is 1. The Morgan fingerprint density at radius 3 is 1.99 bits per heavy atom. The van der Waals surface area contributed by atoms with Crippen LogP contribution in [0.5, 0.6) is 23.0 Å². The number of hydrogen-bond acceptors (Lipinski definition) is 19. The summed E-state index contributed by atoms with van der Waals surface area (Å²) in [6.45, 7) is 17.6. The van der Waals surface area contributed by atoms with Crippen LogP contribution in [0.2, 0.25) is 0 Å². The van der Waals surface area contributed by atoms with Crippen LogP contribution >= 0.6 is 23.1 Å². The summed E-state index contributed by atoms with van der Waals surface area (Å²) in [7, 11) is 8.76. The van der Waals surface area contributed by atoms with Gasteiger partial charge >= 0.3 is 26.1 Å². The van der Waals surface area contributed by atoms with E-state index in [0.717, 1.165) is 22.5 Å². The van der Waals surface area contributed by atoms with Crippen molar-refractivity contribution in [2.45, 2.75) is 128 Å². The molecule has 4 saturated heterocycles. The summed E-state index contributed by atoms with van der Waals surface area (Å²) < 4.78 is 39.3. The van der Waals surface area contributed by atoms with Crippen LogP contribution in [0.3, 0.4) is 0 Å². The van der Waals surface area contributed by atoms with Crippen molar-refractivity contribution in [2.24, 2.45) is 11.1 Å². The fourth-order valence-electron chi connectivity index (χ4n) is 10.1. The van der Waals surface area contributed by atoms with Gasteiger partial charge in [-0.15, -0.1) is 23.1 Å². The van der Waals surface area contributed by atoms with E-state index in [9.17, 15) is 33.6 Å². The van der Waals surface area contributed by atoms with Crippen LogP contribution in [-0.2, 0) is 56.2 Å². The maximum atomic E-state index is 14.5. The van der Waals surface area contributed by atoms with E-state index in [-0.39, 0.29) is 64.6 Å². The third kappa shape index (κ3) is 14.7. The first kappa shape index (κ1) is 61.6. The van der Waals surface area contributed by atoms with Gasteiger partial charge in [0.05, 0.1) is 51.7 Å². The van der Waals surface area contributed by atoms with Gasteiger partial charge in [-0.2, -0.15) is 0 Å². The summed E-state index contributed by atoms with van der Waals surface area (Å²) in [6, 6.07) is 19.3. The Morgan fingerprint density at radius 2 is 1.41 bits per heavy atom. The monoisotopic (exact) mass is 1180 g/mol. The highest BCUT2D eigenvalue weighted by Crippen LogP contribution is 2.49. The highest BCUT2D eigenvalue weighted by Gasteiger charge is 2.57. The normalized spacial score (nSPS) is 20.7. The zero-order valence-electron chi connectivity index (χ0n) is 48.6. The number of hydrogen-bond donors (Lipinski definition) is 1. The first-order valence-electron chi connectivity index (χ1n) is 27.2. The lowest BCUT2D eigenvalue weighted by Crippen LogP contribution is -2.64. The van der Waals surface area contributed by atoms with E-state index in [4.69, 9.17) is 46.0 Å². The molecule has 3 amide bonds. The number of anilines is 1. The quantitative estimate of drug-likeness (QED) is 0.0122. The van der Waals surface area contributed by atoms with E-state index >= 15 is 0 Å². The SMILES string of the molecule is [B]OC(=O)C1=C(C[N+]23CCC(CC2)N(C(=O)C(=O)c2ccc(OCc4ccc(OC)cc4)c(OCc4ccc(OC)cc4)c2)CC3)[C@H](C)S[C@@H]2[C@H](CC(=O)/C(=N\OC(C)(C)C(=O)OC(C)(C)C)c3csc(NC(=O)OC(C)(C)C)n3)C(=O)N12. The lowest BCUT2D eigenvalue weighted by molar-refractivity contribution is -0.925. The number of thiazole rings is 1. The number of benzene rings is 3.